The van der Waals surface area contributed by atoms with Crippen LogP contribution in [0.5, 0.6) is 0 Å². The van der Waals surface area contributed by atoms with Crippen molar-refractivity contribution in [3.05, 3.63) is 65.2 Å². The largest absolute Gasteiger partial charge is 0.326 e. The molecule has 152 valence electrons. The highest BCUT2D eigenvalue weighted by Crippen LogP contribution is 2.25. The van der Waals surface area contributed by atoms with Crippen molar-refractivity contribution in [3.8, 4) is 0 Å². The van der Waals surface area contributed by atoms with Crippen LogP contribution in [-0.2, 0) is 17.6 Å². The first-order chi connectivity index (χ1) is 14.2. The van der Waals surface area contributed by atoms with Crippen molar-refractivity contribution >= 4 is 17.4 Å². The van der Waals surface area contributed by atoms with E-state index in [1.807, 2.05) is 18.2 Å². The number of amides is 1. The van der Waals surface area contributed by atoms with Crippen LogP contribution in [0, 0.1) is 5.92 Å². The number of likely N-dealkylation sites (tertiary alicyclic amines) is 1. The number of aryl methyl sites for hydroxylation is 1. The first-order valence-corrected chi connectivity index (χ1v) is 10.9. The van der Waals surface area contributed by atoms with Gasteiger partial charge in [0.2, 0.25) is 5.91 Å². The summed E-state index contributed by atoms with van der Waals surface area (Å²) in [4.78, 5) is 26.6. The Morgan fingerprint density at radius 1 is 1.03 bits per heavy atom. The molecule has 4 nitrogen and oxygen atoms in total. The van der Waals surface area contributed by atoms with Crippen molar-refractivity contribution in [2.75, 3.05) is 25.0 Å². The molecule has 1 amide bonds. The van der Waals surface area contributed by atoms with E-state index >= 15 is 0 Å². The number of piperidine rings is 1. The van der Waals surface area contributed by atoms with E-state index in [-0.39, 0.29) is 11.7 Å². The summed E-state index contributed by atoms with van der Waals surface area (Å²) in [5.41, 5.74) is 4.16. The number of nitrogens with one attached hydrogen (secondary N) is 1. The molecule has 0 bridgehead atoms. The molecule has 0 spiro atoms. The number of carbonyl (C=O) groups is 2. The minimum Gasteiger partial charge on any atom is -0.326 e. The van der Waals surface area contributed by atoms with Gasteiger partial charge in [0.1, 0.15) is 0 Å². The van der Waals surface area contributed by atoms with Crippen LogP contribution in [0.15, 0.2) is 48.5 Å². The van der Waals surface area contributed by atoms with Crippen molar-refractivity contribution in [2.45, 2.75) is 44.9 Å². The summed E-state index contributed by atoms with van der Waals surface area (Å²) in [5, 5.41) is 2.87. The summed E-state index contributed by atoms with van der Waals surface area (Å²) in [6.45, 7) is 3.29. The molecule has 4 rings (SSSR count). The van der Waals surface area contributed by atoms with Gasteiger partial charge in [-0.25, -0.2) is 0 Å². The molecule has 2 aromatic carbocycles. The average molecular weight is 391 g/mol. The van der Waals surface area contributed by atoms with Crippen molar-refractivity contribution < 1.29 is 9.59 Å². The van der Waals surface area contributed by atoms with E-state index in [0.29, 0.717) is 12.8 Å². The number of ketones is 1. The fraction of sp³-hybridized carbons (Fsp3) is 0.440. The van der Waals surface area contributed by atoms with Crippen LogP contribution in [0.4, 0.5) is 5.69 Å². The van der Waals surface area contributed by atoms with Gasteiger partial charge in [0.15, 0.2) is 5.78 Å². The third-order valence-corrected chi connectivity index (χ3v) is 6.28. The molecule has 0 unspecified atom stereocenters. The fourth-order valence-corrected chi connectivity index (χ4v) is 4.53. The molecule has 0 radical (unpaired) electrons. The summed E-state index contributed by atoms with van der Waals surface area (Å²) < 4.78 is 0. The molecule has 0 aliphatic carbocycles. The number of anilines is 1. The SMILES string of the molecule is O=C1CCc2cc(C(=O)CCCN3CCC(Cc4ccccc4)CC3)ccc2N1. The second-order valence-corrected chi connectivity index (χ2v) is 8.42. The third-order valence-electron chi connectivity index (χ3n) is 6.28. The zero-order valence-corrected chi connectivity index (χ0v) is 17.0. The number of carbonyl (C=O) groups excluding carboxylic acids is 2. The van der Waals surface area contributed by atoms with Gasteiger partial charge >= 0.3 is 0 Å². The number of hydrogen-bond donors (Lipinski definition) is 1. The molecule has 2 heterocycles. The molecule has 0 aromatic heterocycles. The Bertz CT molecular complexity index is 854. The highest BCUT2D eigenvalue weighted by Gasteiger charge is 2.20. The van der Waals surface area contributed by atoms with E-state index in [2.05, 4.69) is 40.5 Å². The van der Waals surface area contributed by atoms with Gasteiger partial charge in [-0.2, -0.15) is 0 Å². The topological polar surface area (TPSA) is 49.4 Å². The van der Waals surface area contributed by atoms with Gasteiger partial charge in [-0.05, 0) is 87.0 Å². The molecule has 0 atom stereocenters. The third kappa shape index (κ3) is 5.33. The Balaban J connectivity index is 1.19. The minimum absolute atomic E-state index is 0.0594. The van der Waals surface area contributed by atoms with Crippen LogP contribution in [0.25, 0.3) is 0 Å². The lowest BCUT2D eigenvalue weighted by molar-refractivity contribution is -0.116. The number of fused-ring (bicyclic) bond motifs is 1. The van der Waals surface area contributed by atoms with E-state index in [1.165, 1.54) is 24.8 Å². The van der Waals surface area contributed by atoms with E-state index < -0.39 is 0 Å². The van der Waals surface area contributed by atoms with Crippen molar-refractivity contribution in [1.82, 2.24) is 4.90 Å². The van der Waals surface area contributed by atoms with Crippen molar-refractivity contribution in [3.63, 3.8) is 0 Å². The molecule has 2 aliphatic rings. The Morgan fingerprint density at radius 3 is 2.62 bits per heavy atom. The Labute approximate surface area is 173 Å². The van der Waals surface area contributed by atoms with E-state index in [0.717, 1.165) is 55.2 Å². The monoisotopic (exact) mass is 390 g/mol. The molecular weight excluding hydrogens is 360 g/mol. The van der Waals surface area contributed by atoms with Crippen LogP contribution in [0.3, 0.4) is 0 Å². The first kappa shape index (κ1) is 19.8. The van der Waals surface area contributed by atoms with Crippen LogP contribution < -0.4 is 5.32 Å². The molecule has 0 saturated carbocycles. The van der Waals surface area contributed by atoms with Gasteiger partial charge in [-0.3, -0.25) is 9.59 Å². The summed E-state index contributed by atoms with van der Waals surface area (Å²) in [7, 11) is 0. The van der Waals surface area contributed by atoms with Gasteiger partial charge in [0, 0.05) is 24.1 Å². The lowest BCUT2D eigenvalue weighted by atomic mass is 9.90. The second kappa shape index (κ2) is 9.36. The summed E-state index contributed by atoms with van der Waals surface area (Å²) >= 11 is 0. The maximum Gasteiger partial charge on any atom is 0.224 e. The van der Waals surface area contributed by atoms with Crippen LogP contribution >= 0.6 is 0 Å². The van der Waals surface area contributed by atoms with E-state index in [4.69, 9.17) is 0 Å². The maximum atomic E-state index is 12.6. The smallest absolute Gasteiger partial charge is 0.224 e. The molecule has 4 heteroatoms. The maximum absolute atomic E-state index is 12.6. The van der Waals surface area contributed by atoms with Gasteiger partial charge in [0.25, 0.3) is 0 Å². The van der Waals surface area contributed by atoms with E-state index in [9.17, 15) is 9.59 Å². The second-order valence-electron chi connectivity index (χ2n) is 8.42. The zero-order chi connectivity index (χ0) is 20.1. The highest BCUT2D eigenvalue weighted by atomic mass is 16.1. The minimum atomic E-state index is 0.0594. The number of nitrogens with zero attached hydrogens (tertiary/aromatic N) is 1. The number of benzene rings is 2. The lowest BCUT2D eigenvalue weighted by Crippen LogP contribution is -2.35. The molecule has 1 N–H and O–H groups in total. The quantitative estimate of drug-likeness (QED) is 0.709. The Hall–Kier alpha value is -2.46. The summed E-state index contributed by atoms with van der Waals surface area (Å²) in [6, 6.07) is 16.5. The number of Topliss-reactive ketones (excluding diaryl/α,β-unsaturated/α-hetero) is 1. The molecule has 1 fully saturated rings. The molecular formula is C25H30N2O2. The normalized spacial score (nSPS) is 17.6. The number of hydrogen-bond acceptors (Lipinski definition) is 3. The molecule has 2 aliphatic heterocycles. The van der Waals surface area contributed by atoms with Crippen LogP contribution in [-0.4, -0.2) is 36.2 Å². The van der Waals surface area contributed by atoms with Gasteiger partial charge in [0.05, 0.1) is 0 Å². The van der Waals surface area contributed by atoms with E-state index in [1.54, 1.807) is 0 Å². The molecule has 1 saturated heterocycles. The van der Waals surface area contributed by atoms with Gasteiger partial charge < -0.3 is 10.2 Å². The van der Waals surface area contributed by atoms with Gasteiger partial charge in [-0.15, -0.1) is 0 Å². The predicted molar refractivity (Wildman–Crippen MR) is 116 cm³/mol. The first-order valence-electron chi connectivity index (χ1n) is 10.9. The Morgan fingerprint density at radius 2 is 1.83 bits per heavy atom. The van der Waals surface area contributed by atoms with Gasteiger partial charge in [-0.1, -0.05) is 30.3 Å². The van der Waals surface area contributed by atoms with Crippen LogP contribution in [0.1, 0.15) is 53.6 Å². The van der Waals surface area contributed by atoms with Crippen molar-refractivity contribution in [1.29, 1.82) is 0 Å². The predicted octanol–water partition coefficient (Wildman–Crippen LogP) is 4.49. The average Bonchev–Trinajstić information content (AvgIpc) is 2.75. The summed E-state index contributed by atoms with van der Waals surface area (Å²) in [5.74, 6) is 1.05. The van der Waals surface area contributed by atoms with Crippen molar-refractivity contribution in [2.24, 2.45) is 5.92 Å². The van der Waals surface area contributed by atoms with Crippen LogP contribution in [0.2, 0.25) is 0 Å². The molecule has 29 heavy (non-hydrogen) atoms. The molecule has 2 aromatic rings. The standard InChI is InChI=1S/C25H30N2O2/c28-24(22-8-10-23-21(18-22)9-11-25(29)26-23)7-4-14-27-15-12-20(13-16-27)17-19-5-2-1-3-6-19/h1-3,5-6,8,10,18,20H,4,7,9,11-17H2,(H,26,29). The lowest BCUT2D eigenvalue weighted by Gasteiger charge is -2.32. The Kier molecular flexibility index (Phi) is 6.40. The number of rotatable bonds is 7. The summed E-state index contributed by atoms with van der Waals surface area (Å²) in [6.07, 6.45) is 6.42. The fourth-order valence-electron chi connectivity index (χ4n) is 4.53. The highest BCUT2D eigenvalue weighted by molar-refractivity contribution is 5.98. The zero-order valence-electron chi connectivity index (χ0n) is 17.0.